The summed E-state index contributed by atoms with van der Waals surface area (Å²) in [5, 5.41) is 0. The largest absolute Gasteiger partial charge is 0.412 e. The Balaban J connectivity index is 2.06. The Morgan fingerprint density at radius 3 is 2.23 bits per heavy atom. The van der Waals surface area contributed by atoms with E-state index in [0.717, 1.165) is 0 Å². The summed E-state index contributed by atoms with van der Waals surface area (Å²) in [6.45, 7) is 9.37. The second-order valence-corrected chi connectivity index (χ2v) is 10.6. The van der Waals surface area contributed by atoms with Gasteiger partial charge in [-0.15, -0.1) is 0 Å². The third-order valence-corrected chi connectivity index (χ3v) is 4.71. The van der Waals surface area contributed by atoms with Crippen molar-refractivity contribution in [2.45, 2.75) is 64.3 Å². The molecule has 2 heteroatoms. The molecule has 0 aromatic rings. The van der Waals surface area contributed by atoms with Crippen LogP contribution in [-0.4, -0.2) is 13.9 Å². The van der Waals surface area contributed by atoms with Crippen LogP contribution in [0.2, 0.25) is 19.6 Å². The van der Waals surface area contributed by atoms with Crippen LogP contribution in [0.1, 0.15) is 39.0 Å². The van der Waals surface area contributed by atoms with E-state index in [1.54, 1.807) is 0 Å². The minimum Gasteiger partial charge on any atom is -0.412 e. The van der Waals surface area contributed by atoms with Crippen molar-refractivity contribution >= 4 is 8.32 Å². The first kappa shape index (κ1) is 9.72. The second-order valence-electron chi connectivity index (χ2n) is 6.15. The lowest BCUT2D eigenvalue weighted by Crippen LogP contribution is -2.37. The Morgan fingerprint density at radius 2 is 1.69 bits per heavy atom. The number of hydrogen-bond donors (Lipinski definition) is 0. The van der Waals surface area contributed by atoms with Gasteiger partial charge < -0.3 is 4.43 Å². The zero-order chi connectivity index (χ0) is 9.74. The van der Waals surface area contributed by atoms with Gasteiger partial charge in [-0.2, -0.15) is 0 Å². The average molecular weight is 198 g/mol. The first-order valence-electron chi connectivity index (χ1n) is 5.57. The van der Waals surface area contributed by atoms with Gasteiger partial charge in [-0.1, -0.05) is 19.8 Å². The lowest BCUT2D eigenvalue weighted by atomic mass is 9.88. The average Bonchev–Trinajstić information content (AvgIpc) is 2.50. The highest BCUT2D eigenvalue weighted by Crippen LogP contribution is 2.67. The van der Waals surface area contributed by atoms with Crippen molar-refractivity contribution in [3.63, 3.8) is 0 Å². The maximum absolute atomic E-state index is 6.38. The molecule has 1 nitrogen and oxygen atoms in total. The molecule has 2 rings (SSSR count). The van der Waals surface area contributed by atoms with Gasteiger partial charge in [-0.05, 0) is 44.3 Å². The Morgan fingerprint density at radius 1 is 1.08 bits per heavy atom. The lowest BCUT2D eigenvalue weighted by molar-refractivity contribution is 0.0874. The molecule has 0 bridgehead atoms. The number of rotatable bonds is 2. The summed E-state index contributed by atoms with van der Waals surface area (Å²) in [4.78, 5) is 0. The fourth-order valence-corrected chi connectivity index (χ4v) is 4.61. The standard InChI is InChI=1S/C11H22OSi/c1-10-7-5-6-8-11(10,9-10)12-13(2,3)4/h5-9H2,1-4H3. The van der Waals surface area contributed by atoms with Gasteiger partial charge in [-0.25, -0.2) is 0 Å². The molecule has 0 radical (unpaired) electrons. The summed E-state index contributed by atoms with van der Waals surface area (Å²) >= 11 is 0. The van der Waals surface area contributed by atoms with Gasteiger partial charge in [-0.3, -0.25) is 0 Å². The van der Waals surface area contributed by atoms with E-state index in [4.69, 9.17) is 4.43 Å². The predicted octanol–water partition coefficient (Wildman–Crippen LogP) is 3.56. The molecule has 0 heterocycles. The Bertz CT molecular complexity index is 217. The van der Waals surface area contributed by atoms with Crippen LogP contribution in [0, 0.1) is 5.41 Å². The quantitative estimate of drug-likeness (QED) is 0.616. The predicted molar refractivity (Wildman–Crippen MR) is 58.4 cm³/mol. The third kappa shape index (κ3) is 1.59. The maximum Gasteiger partial charge on any atom is 0.184 e. The van der Waals surface area contributed by atoms with E-state index in [-0.39, 0.29) is 0 Å². The van der Waals surface area contributed by atoms with Crippen molar-refractivity contribution in [1.29, 1.82) is 0 Å². The fraction of sp³-hybridized carbons (Fsp3) is 1.00. The van der Waals surface area contributed by atoms with Crippen LogP contribution in [-0.2, 0) is 4.43 Å². The summed E-state index contributed by atoms with van der Waals surface area (Å²) < 4.78 is 6.38. The third-order valence-electron chi connectivity index (χ3n) is 3.71. The van der Waals surface area contributed by atoms with E-state index in [2.05, 4.69) is 26.6 Å². The molecule has 0 N–H and O–H groups in total. The van der Waals surface area contributed by atoms with E-state index >= 15 is 0 Å². The van der Waals surface area contributed by atoms with Crippen LogP contribution in [0.3, 0.4) is 0 Å². The topological polar surface area (TPSA) is 9.23 Å². The summed E-state index contributed by atoms with van der Waals surface area (Å²) in [5.74, 6) is 0. The molecule has 2 unspecified atom stereocenters. The van der Waals surface area contributed by atoms with Crippen LogP contribution in [0.4, 0.5) is 0 Å². The molecule has 2 fully saturated rings. The van der Waals surface area contributed by atoms with Gasteiger partial charge in [0.25, 0.3) is 0 Å². The molecule has 2 saturated carbocycles. The van der Waals surface area contributed by atoms with Crippen LogP contribution in [0.15, 0.2) is 0 Å². The molecule has 2 atom stereocenters. The van der Waals surface area contributed by atoms with Gasteiger partial charge in [0.05, 0.1) is 5.60 Å². The van der Waals surface area contributed by atoms with E-state index in [1.807, 2.05) is 0 Å². The fourth-order valence-electron chi connectivity index (χ4n) is 3.01. The lowest BCUT2D eigenvalue weighted by Gasteiger charge is -2.33. The van der Waals surface area contributed by atoms with Crippen LogP contribution in [0.25, 0.3) is 0 Å². The molecule has 2 aliphatic rings. The minimum absolute atomic E-state index is 0.329. The van der Waals surface area contributed by atoms with Gasteiger partial charge in [0.1, 0.15) is 0 Å². The molecule has 0 saturated heterocycles. The zero-order valence-corrected chi connectivity index (χ0v) is 10.4. The van der Waals surface area contributed by atoms with Gasteiger partial charge in [0.2, 0.25) is 0 Å². The Hall–Kier alpha value is 0.177. The van der Waals surface area contributed by atoms with Gasteiger partial charge >= 0.3 is 0 Å². The molecule has 2 aliphatic carbocycles. The highest BCUT2D eigenvalue weighted by atomic mass is 28.4. The number of fused-ring (bicyclic) bond motifs is 1. The Kier molecular flexibility index (Phi) is 1.95. The highest BCUT2D eigenvalue weighted by molar-refractivity contribution is 6.69. The minimum atomic E-state index is -1.32. The molecule has 0 amide bonds. The highest BCUT2D eigenvalue weighted by Gasteiger charge is 2.66. The molecule has 0 spiro atoms. The summed E-state index contributed by atoms with van der Waals surface area (Å²) in [6.07, 6.45) is 6.88. The van der Waals surface area contributed by atoms with E-state index in [9.17, 15) is 0 Å². The summed E-state index contributed by atoms with van der Waals surface area (Å²) in [5.41, 5.74) is 0.890. The van der Waals surface area contributed by atoms with Crippen LogP contribution >= 0.6 is 0 Å². The monoisotopic (exact) mass is 198 g/mol. The van der Waals surface area contributed by atoms with Crippen molar-refractivity contribution in [2.75, 3.05) is 0 Å². The van der Waals surface area contributed by atoms with E-state index < -0.39 is 8.32 Å². The first-order chi connectivity index (χ1) is 5.87. The SMILES string of the molecule is CC12CCCCC1(O[Si](C)(C)C)C2. The van der Waals surface area contributed by atoms with E-state index in [0.29, 0.717) is 11.0 Å². The summed E-state index contributed by atoms with van der Waals surface area (Å²) in [7, 11) is -1.32. The normalized spacial score (nSPS) is 44.3. The van der Waals surface area contributed by atoms with Crippen molar-refractivity contribution in [2.24, 2.45) is 5.41 Å². The van der Waals surface area contributed by atoms with Crippen molar-refractivity contribution in [3.8, 4) is 0 Å². The molecule has 13 heavy (non-hydrogen) atoms. The molecule has 76 valence electrons. The molecule has 0 aromatic carbocycles. The van der Waals surface area contributed by atoms with Gasteiger partial charge in [0.15, 0.2) is 8.32 Å². The van der Waals surface area contributed by atoms with Crippen molar-refractivity contribution in [3.05, 3.63) is 0 Å². The van der Waals surface area contributed by atoms with Crippen molar-refractivity contribution < 1.29 is 4.43 Å². The first-order valence-corrected chi connectivity index (χ1v) is 8.98. The zero-order valence-electron chi connectivity index (χ0n) is 9.44. The molecule has 0 aromatic heterocycles. The molecular weight excluding hydrogens is 176 g/mol. The van der Waals surface area contributed by atoms with Crippen LogP contribution in [0.5, 0.6) is 0 Å². The summed E-state index contributed by atoms with van der Waals surface area (Å²) in [6, 6.07) is 0. The van der Waals surface area contributed by atoms with Crippen LogP contribution < -0.4 is 0 Å². The Labute approximate surface area is 83.0 Å². The number of hydrogen-bond acceptors (Lipinski definition) is 1. The second kappa shape index (κ2) is 2.60. The maximum atomic E-state index is 6.38. The molecular formula is C11H22OSi. The van der Waals surface area contributed by atoms with E-state index in [1.165, 1.54) is 32.1 Å². The smallest absolute Gasteiger partial charge is 0.184 e. The van der Waals surface area contributed by atoms with Crippen molar-refractivity contribution in [1.82, 2.24) is 0 Å². The molecule has 0 aliphatic heterocycles. The van der Waals surface area contributed by atoms with Gasteiger partial charge in [0, 0.05) is 0 Å².